The summed E-state index contributed by atoms with van der Waals surface area (Å²) in [6, 6.07) is 41.3. The van der Waals surface area contributed by atoms with Crippen LogP contribution in [0.4, 0.5) is 0 Å². The number of hydrogen-bond acceptors (Lipinski definition) is 0. The molecule has 0 heterocycles. The molecule has 0 nitrogen and oxygen atoms in total. The number of fused-ring (bicyclic) bond motifs is 3. The Bertz CT molecular complexity index is 1290. The zero-order valence-corrected chi connectivity index (χ0v) is 24.5. The molecule has 0 aromatic heterocycles. The maximum absolute atomic E-state index is 4.36. The van der Waals surface area contributed by atoms with Gasteiger partial charge in [-0.3, -0.25) is 0 Å². The molecular formula is C31H29Cl2Hf. The molecule has 0 amide bonds. The van der Waals surface area contributed by atoms with E-state index in [-0.39, 0.29) is 24.8 Å². The van der Waals surface area contributed by atoms with Crippen molar-refractivity contribution in [1.29, 1.82) is 0 Å². The Morgan fingerprint density at radius 3 is 1.47 bits per heavy atom. The van der Waals surface area contributed by atoms with Crippen LogP contribution in [0.3, 0.4) is 0 Å². The summed E-state index contributed by atoms with van der Waals surface area (Å²) in [4.78, 5) is 0. The summed E-state index contributed by atoms with van der Waals surface area (Å²) in [5.74, 6) is 0. The van der Waals surface area contributed by atoms with Gasteiger partial charge in [-0.2, -0.15) is 0 Å². The molecule has 6 rings (SSSR count). The molecule has 4 aromatic rings. The Morgan fingerprint density at radius 2 is 1.03 bits per heavy atom. The summed E-state index contributed by atoms with van der Waals surface area (Å²) in [6.45, 7) is 0. The second-order valence-corrected chi connectivity index (χ2v) is 31.3. The molecule has 0 saturated carbocycles. The van der Waals surface area contributed by atoms with Crippen LogP contribution in [0.1, 0.15) is 21.2 Å². The van der Waals surface area contributed by atoms with Gasteiger partial charge in [0, 0.05) is 0 Å². The van der Waals surface area contributed by atoms with Crippen LogP contribution in [0, 0.1) is 0 Å². The standard InChI is InChI=1S/C13H9.2C6H5.C5H5.CH3.2ClH.Hf/c1-3-7-12-10(5-1)9-11-6-2-4-8-13(11)12;2*1-2-4-6-5-3-1;1-2-4-5-3-1;;;;/h1-9H;2*1-5H;1-3H,4H2;1H3;2*1H;. The van der Waals surface area contributed by atoms with Crippen molar-refractivity contribution < 1.29 is 18.5 Å². The topological polar surface area (TPSA) is 0 Å². The van der Waals surface area contributed by atoms with E-state index in [2.05, 4.69) is 132 Å². The van der Waals surface area contributed by atoms with Gasteiger partial charge in [0.05, 0.1) is 0 Å². The molecule has 0 unspecified atom stereocenters. The minimum absolute atomic E-state index is 0. The Morgan fingerprint density at radius 1 is 0.588 bits per heavy atom. The van der Waals surface area contributed by atoms with Crippen molar-refractivity contribution in [2.24, 2.45) is 0 Å². The molecule has 4 aromatic carbocycles. The summed E-state index contributed by atoms with van der Waals surface area (Å²) in [6.07, 6.45) is 8.15. The van der Waals surface area contributed by atoms with E-state index in [0.717, 1.165) is 6.42 Å². The van der Waals surface area contributed by atoms with Crippen molar-refractivity contribution in [3.05, 3.63) is 142 Å². The Labute approximate surface area is 216 Å². The van der Waals surface area contributed by atoms with Crippen molar-refractivity contribution in [2.45, 2.75) is 14.8 Å². The summed E-state index contributed by atoms with van der Waals surface area (Å²) >= 11 is -4.36. The van der Waals surface area contributed by atoms with E-state index in [1.165, 1.54) is 22.3 Å². The third kappa shape index (κ3) is 3.28. The van der Waals surface area contributed by atoms with Gasteiger partial charge in [-0.25, -0.2) is 0 Å². The molecule has 0 spiro atoms. The van der Waals surface area contributed by atoms with Crippen LogP contribution in [0.25, 0.3) is 11.1 Å². The first kappa shape index (κ1) is 24.9. The molecule has 2 aliphatic rings. The summed E-state index contributed by atoms with van der Waals surface area (Å²) in [7, 11) is 0. The van der Waals surface area contributed by atoms with Crippen LogP contribution in [0.2, 0.25) is 4.68 Å². The number of halogens is 2. The first-order chi connectivity index (χ1) is 15.7. The number of hydrogen-bond donors (Lipinski definition) is 0. The van der Waals surface area contributed by atoms with Gasteiger partial charge in [-0.05, 0) is 0 Å². The van der Waals surface area contributed by atoms with Crippen LogP contribution in [-0.4, -0.2) is 0 Å². The molecule has 0 radical (unpaired) electrons. The van der Waals surface area contributed by atoms with Crippen molar-refractivity contribution in [3.8, 4) is 11.1 Å². The molecule has 0 aliphatic heterocycles. The zero-order valence-electron chi connectivity index (χ0n) is 19.2. The molecule has 0 bridgehead atoms. The van der Waals surface area contributed by atoms with Crippen LogP contribution < -0.4 is 6.64 Å². The van der Waals surface area contributed by atoms with Crippen molar-refractivity contribution >= 4 is 31.5 Å². The van der Waals surface area contributed by atoms with E-state index in [4.69, 9.17) is 0 Å². The average Bonchev–Trinajstić information content (AvgIpc) is 3.53. The number of rotatable bonds is 4. The van der Waals surface area contributed by atoms with E-state index >= 15 is 0 Å². The second-order valence-electron chi connectivity index (χ2n) is 9.51. The average molecular weight is 651 g/mol. The molecule has 3 heteroatoms. The molecule has 0 N–H and O–H groups in total. The van der Waals surface area contributed by atoms with Crippen LogP contribution in [-0.2, 0) is 18.5 Å². The first-order valence-corrected chi connectivity index (χ1v) is 22.6. The Hall–Kier alpha value is -2.19. The summed E-state index contributed by atoms with van der Waals surface area (Å²) < 4.78 is 7.88. The van der Waals surface area contributed by atoms with Crippen LogP contribution in [0.5, 0.6) is 0 Å². The first-order valence-electron chi connectivity index (χ1n) is 11.6. The van der Waals surface area contributed by atoms with E-state index in [9.17, 15) is 0 Å². The van der Waals surface area contributed by atoms with Gasteiger partial charge in [-0.15, -0.1) is 24.8 Å². The van der Waals surface area contributed by atoms with Gasteiger partial charge < -0.3 is 0 Å². The second kappa shape index (κ2) is 9.46. The molecule has 0 atom stereocenters. The quantitative estimate of drug-likeness (QED) is 0.198. The third-order valence-electron chi connectivity index (χ3n) is 8.19. The van der Waals surface area contributed by atoms with E-state index in [1.54, 1.807) is 9.97 Å². The van der Waals surface area contributed by atoms with Crippen molar-refractivity contribution in [2.75, 3.05) is 0 Å². The monoisotopic (exact) mass is 651 g/mol. The van der Waals surface area contributed by atoms with Gasteiger partial charge in [0.1, 0.15) is 0 Å². The molecule has 0 saturated heterocycles. The molecule has 2 aliphatic carbocycles. The van der Waals surface area contributed by atoms with Gasteiger partial charge in [-0.1, -0.05) is 0 Å². The normalized spacial score (nSPS) is 15.2. The van der Waals surface area contributed by atoms with Crippen LogP contribution >= 0.6 is 24.8 Å². The molecule has 0 fully saturated rings. The van der Waals surface area contributed by atoms with Crippen molar-refractivity contribution in [3.63, 3.8) is 0 Å². The van der Waals surface area contributed by atoms with Crippen molar-refractivity contribution in [1.82, 2.24) is 0 Å². The molecular weight excluding hydrogens is 622 g/mol. The molecule has 34 heavy (non-hydrogen) atoms. The molecule has 171 valence electrons. The SMILES string of the molecule is Cl.Cl.[CH3][Hf]([C]1=CC=CC1)([c]1ccccc1)([c]1ccccc1)[CH]1c2ccccc2-c2ccccc21. The van der Waals surface area contributed by atoms with E-state index in [1.807, 2.05) is 0 Å². The number of allylic oxidation sites excluding steroid dienone is 4. The van der Waals surface area contributed by atoms with Crippen LogP contribution in [0.15, 0.2) is 131 Å². The van der Waals surface area contributed by atoms with E-state index < -0.39 is 18.5 Å². The van der Waals surface area contributed by atoms with Gasteiger partial charge in [0.25, 0.3) is 0 Å². The fourth-order valence-electron chi connectivity index (χ4n) is 6.65. The predicted octanol–water partition coefficient (Wildman–Crippen LogP) is 7.83. The van der Waals surface area contributed by atoms with Gasteiger partial charge in [0.2, 0.25) is 0 Å². The minimum atomic E-state index is -4.36. The zero-order chi connectivity index (χ0) is 21.6. The summed E-state index contributed by atoms with van der Waals surface area (Å²) in [5, 5.41) is 0. The number of benzene rings is 4. The fourth-order valence-corrected chi connectivity index (χ4v) is 33.4. The maximum atomic E-state index is 2.71. The third-order valence-corrected chi connectivity index (χ3v) is 36.0. The van der Waals surface area contributed by atoms with E-state index in [0.29, 0.717) is 3.67 Å². The summed E-state index contributed by atoms with van der Waals surface area (Å²) in [5.41, 5.74) is 5.84. The van der Waals surface area contributed by atoms with Gasteiger partial charge >= 0.3 is 193 Å². The Kier molecular flexibility index (Phi) is 6.93. The van der Waals surface area contributed by atoms with Gasteiger partial charge in [0.15, 0.2) is 0 Å². The fraction of sp³-hybridized carbons (Fsp3) is 0.0968. The Balaban J connectivity index is 0.00000137. The predicted molar refractivity (Wildman–Crippen MR) is 148 cm³/mol.